The van der Waals surface area contributed by atoms with E-state index in [9.17, 15) is 0 Å². The van der Waals surface area contributed by atoms with Crippen molar-refractivity contribution in [2.45, 2.75) is 19.3 Å². The van der Waals surface area contributed by atoms with E-state index in [-0.39, 0.29) is 5.41 Å². The summed E-state index contributed by atoms with van der Waals surface area (Å²) in [6, 6.07) is 56.5. The summed E-state index contributed by atoms with van der Waals surface area (Å²) in [4.78, 5) is 19.7. The molecule has 55 heavy (non-hydrogen) atoms. The molecule has 0 radical (unpaired) electrons. The highest BCUT2D eigenvalue weighted by molar-refractivity contribution is 6.25. The van der Waals surface area contributed by atoms with E-state index >= 15 is 0 Å². The fourth-order valence-corrected chi connectivity index (χ4v) is 8.74. The van der Waals surface area contributed by atoms with Gasteiger partial charge in [-0.3, -0.25) is 4.98 Å². The third-order valence-corrected chi connectivity index (χ3v) is 11.6. The SMILES string of the molecule is CC1(C)c2ccccc2-c2ccc(-c3nc(-c4ccc(-c5cccnc5)cc4)nc(-c4ccc(-c5ccc6ccc7cccc8ccc5c6c78)cc4)n3)cc21. The summed E-state index contributed by atoms with van der Waals surface area (Å²) in [5, 5.41) is 7.71. The molecule has 0 N–H and O–H groups in total. The number of pyridine rings is 1. The maximum Gasteiger partial charge on any atom is 0.164 e. The highest BCUT2D eigenvalue weighted by Gasteiger charge is 2.35. The second-order valence-electron chi connectivity index (χ2n) is 15.1. The average molecular weight is 703 g/mol. The quantitative estimate of drug-likeness (QED) is 0.168. The smallest absolute Gasteiger partial charge is 0.164 e. The van der Waals surface area contributed by atoms with Crippen LogP contribution in [-0.4, -0.2) is 19.9 Å². The minimum absolute atomic E-state index is 0.135. The fourth-order valence-electron chi connectivity index (χ4n) is 8.74. The van der Waals surface area contributed by atoms with Crippen molar-refractivity contribution in [3.8, 4) is 67.5 Å². The molecule has 10 aromatic rings. The first-order valence-corrected chi connectivity index (χ1v) is 18.8. The summed E-state index contributed by atoms with van der Waals surface area (Å²) in [6.07, 6.45) is 3.68. The van der Waals surface area contributed by atoms with Crippen molar-refractivity contribution in [3.63, 3.8) is 0 Å². The lowest BCUT2D eigenvalue weighted by Gasteiger charge is -2.21. The Morgan fingerprint density at radius 1 is 0.382 bits per heavy atom. The standard InChI is InChI=1S/C51H34N4/c1-51(2)44-11-4-3-10-41(44)42-26-24-38(29-45(42)51)50-54-48(36-18-12-31(13-19-36)39-9-6-28-52-30-39)53-49(55-50)37-20-14-32(15-21-37)40-25-22-35-17-16-33-7-5-8-34-23-27-43(40)47(35)46(33)34/h3-30H,1-2H3. The van der Waals surface area contributed by atoms with E-state index in [1.54, 1.807) is 6.20 Å². The molecule has 0 spiro atoms. The molecular weight excluding hydrogens is 669 g/mol. The van der Waals surface area contributed by atoms with Crippen LogP contribution in [0.1, 0.15) is 25.0 Å². The Labute approximate surface area is 319 Å². The summed E-state index contributed by atoms with van der Waals surface area (Å²) >= 11 is 0. The molecule has 4 nitrogen and oxygen atoms in total. The summed E-state index contributed by atoms with van der Waals surface area (Å²) in [5.41, 5.74) is 12.4. The van der Waals surface area contributed by atoms with Gasteiger partial charge in [0.05, 0.1) is 0 Å². The Morgan fingerprint density at radius 2 is 0.945 bits per heavy atom. The van der Waals surface area contributed by atoms with Gasteiger partial charge in [0.25, 0.3) is 0 Å². The Balaban J connectivity index is 1.03. The monoisotopic (exact) mass is 702 g/mol. The largest absolute Gasteiger partial charge is 0.264 e. The zero-order valence-electron chi connectivity index (χ0n) is 30.5. The molecule has 2 heterocycles. The molecule has 0 saturated carbocycles. The molecule has 0 unspecified atom stereocenters. The van der Waals surface area contributed by atoms with Gasteiger partial charge < -0.3 is 0 Å². The molecule has 0 bridgehead atoms. The number of hydrogen-bond acceptors (Lipinski definition) is 4. The molecule has 0 saturated heterocycles. The minimum Gasteiger partial charge on any atom is -0.264 e. The third-order valence-electron chi connectivity index (χ3n) is 11.6. The zero-order valence-corrected chi connectivity index (χ0v) is 30.5. The molecular formula is C51H34N4. The van der Waals surface area contributed by atoms with Crippen LogP contribution in [0.2, 0.25) is 0 Å². The predicted octanol–water partition coefficient (Wildman–Crippen LogP) is 12.8. The highest BCUT2D eigenvalue weighted by Crippen LogP contribution is 2.49. The normalized spacial score (nSPS) is 13.1. The molecule has 2 aromatic heterocycles. The Hall–Kier alpha value is -7.04. The second-order valence-corrected chi connectivity index (χ2v) is 15.1. The van der Waals surface area contributed by atoms with Crippen molar-refractivity contribution in [1.29, 1.82) is 0 Å². The maximum absolute atomic E-state index is 5.16. The summed E-state index contributed by atoms with van der Waals surface area (Å²) in [5.74, 6) is 1.93. The summed E-state index contributed by atoms with van der Waals surface area (Å²) < 4.78 is 0. The Morgan fingerprint density at radius 3 is 1.65 bits per heavy atom. The van der Waals surface area contributed by atoms with Gasteiger partial charge >= 0.3 is 0 Å². The first-order valence-electron chi connectivity index (χ1n) is 18.8. The van der Waals surface area contributed by atoms with Gasteiger partial charge in [0.15, 0.2) is 17.5 Å². The van der Waals surface area contributed by atoms with Gasteiger partial charge in [-0.05, 0) is 89.0 Å². The zero-order chi connectivity index (χ0) is 36.7. The molecule has 1 aliphatic rings. The van der Waals surface area contributed by atoms with Crippen LogP contribution in [0, 0.1) is 0 Å². The molecule has 4 heteroatoms. The molecule has 11 rings (SSSR count). The molecule has 0 atom stereocenters. The lowest BCUT2D eigenvalue weighted by atomic mass is 9.82. The van der Waals surface area contributed by atoms with Crippen LogP contribution in [0.3, 0.4) is 0 Å². The van der Waals surface area contributed by atoms with Crippen LogP contribution in [0.5, 0.6) is 0 Å². The van der Waals surface area contributed by atoms with Crippen molar-refractivity contribution in [1.82, 2.24) is 19.9 Å². The predicted molar refractivity (Wildman–Crippen MR) is 226 cm³/mol. The highest BCUT2D eigenvalue weighted by atomic mass is 15.0. The lowest BCUT2D eigenvalue weighted by Crippen LogP contribution is -2.15. The van der Waals surface area contributed by atoms with Gasteiger partial charge in [0.1, 0.15) is 0 Å². The van der Waals surface area contributed by atoms with E-state index in [2.05, 4.69) is 170 Å². The van der Waals surface area contributed by atoms with E-state index < -0.39 is 0 Å². The van der Waals surface area contributed by atoms with E-state index in [1.807, 2.05) is 12.3 Å². The van der Waals surface area contributed by atoms with Crippen molar-refractivity contribution in [2.24, 2.45) is 0 Å². The molecule has 0 aliphatic heterocycles. The van der Waals surface area contributed by atoms with Gasteiger partial charge in [-0.25, -0.2) is 15.0 Å². The van der Waals surface area contributed by atoms with Gasteiger partial charge in [-0.1, -0.05) is 159 Å². The second kappa shape index (κ2) is 12.0. The maximum atomic E-state index is 5.16. The first-order chi connectivity index (χ1) is 27.0. The van der Waals surface area contributed by atoms with Crippen LogP contribution in [-0.2, 0) is 5.41 Å². The number of fused-ring (bicyclic) bond motifs is 3. The van der Waals surface area contributed by atoms with Crippen LogP contribution < -0.4 is 0 Å². The van der Waals surface area contributed by atoms with Gasteiger partial charge in [0, 0.05) is 34.5 Å². The number of hydrogen-bond donors (Lipinski definition) is 0. The van der Waals surface area contributed by atoms with Crippen LogP contribution in [0.4, 0.5) is 0 Å². The van der Waals surface area contributed by atoms with Crippen molar-refractivity contribution < 1.29 is 0 Å². The van der Waals surface area contributed by atoms with Gasteiger partial charge in [-0.15, -0.1) is 0 Å². The van der Waals surface area contributed by atoms with Crippen molar-refractivity contribution in [3.05, 3.63) is 181 Å². The van der Waals surface area contributed by atoms with E-state index in [4.69, 9.17) is 15.0 Å². The van der Waals surface area contributed by atoms with Crippen LogP contribution in [0.25, 0.3) is 99.9 Å². The van der Waals surface area contributed by atoms with E-state index in [1.165, 1.54) is 60.1 Å². The third kappa shape index (κ3) is 4.99. The summed E-state index contributed by atoms with van der Waals surface area (Å²) in [6.45, 7) is 4.61. The van der Waals surface area contributed by atoms with E-state index in [0.717, 1.165) is 33.4 Å². The van der Waals surface area contributed by atoms with Crippen molar-refractivity contribution in [2.75, 3.05) is 0 Å². The lowest BCUT2D eigenvalue weighted by molar-refractivity contribution is 0.660. The van der Waals surface area contributed by atoms with Gasteiger partial charge in [-0.2, -0.15) is 0 Å². The average Bonchev–Trinajstić information content (AvgIpc) is 3.48. The number of rotatable bonds is 5. The Kier molecular flexibility index (Phi) is 6.86. The molecule has 0 fully saturated rings. The van der Waals surface area contributed by atoms with Crippen LogP contribution in [0.15, 0.2) is 170 Å². The molecule has 0 amide bonds. The number of nitrogens with zero attached hydrogens (tertiary/aromatic N) is 4. The first kappa shape index (κ1) is 31.5. The van der Waals surface area contributed by atoms with Gasteiger partial charge in [0.2, 0.25) is 0 Å². The topological polar surface area (TPSA) is 51.6 Å². The van der Waals surface area contributed by atoms with E-state index in [0.29, 0.717) is 17.5 Å². The van der Waals surface area contributed by atoms with Crippen LogP contribution >= 0.6 is 0 Å². The molecule has 258 valence electrons. The summed E-state index contributed by atoms with van der Waals surface area (Å²) in [7, 11) is 0. The fraction of sp³-hybridized carbons (Fsp3) is 0.0588. The Bertz CT molecular complexity index is 3080. The number of benzene rings is 8. The molecule has 1 aliphatic carbocycles. The minimum atomic E-state index is -0.135. The molecule has 8 aromatic carbocycles. The number of aromatic nitrogens is 4. The van der Waals surface area contributed by atoms with Crippen molar-refractivity contribution >= 4 is 32.3 Å².